The van der Waals surface area contributed by atoms with E-state index in [-0.39, 0.29) is 81.9 Å². The predicted molar refractivity (Wildman–Crippen MR) is 464 cm³/mol. The SMILES string of the molecule is CCO.Cc1ccc(C[C@@H](NC(=O)OC(C)(C)C)C(=O)O)nc1.Cc1ccc(C[C@@H](NC(=O)OC(C)(C)C)C(=O)OCc2ccc(C(=O)NO)cc2)nc1.Cc1ccc(C[C@@H](NC(=O)OC(C)(C)C)C(=O)OCc2ccc(C(=O)NOC3CCCCO3)cc2)nc1.NOC1CCCCO1.O=C(NOC1CCCCO1)c1ccc(CO)cc1.O=C(O)c1ccc(CO)cc1. The molecule has 700 valence electrons. The summed E-state index contributed by atoms with van der Waals surface area (Å²) < 4.78 is 42.2. The lowest BCUT2D eigenvalue weighted by Gasteiger charge is -2.23. The number of pyridine rings is 3. The second kappa shape index (κ2) is 57.6. The van der Waals surface area contributed by atoms with Crippen LogP contribution in [0.4, 0.5) is 14.4 Å². The van der Waals surface area contributed by atoms with Crippen LogP contribution >= 0.6 is 0 Å². The zero-order chi connectivity index (χ0) is 94.8. The lowest BCUT2D eigenvalue weighted by atomic mass is 10.1. The fourth-order valence-electron chi connectivity index (χ4n) is 10.8. The van der Waals surface area contributed by atoms with Gasteiger partial charge in [-0.1, -0.05) is 66.7 Å². The average molecular weight is 1790 g/mol. The van der Waals surface area contributed by atoms with Crippen molar-refractivity contribution < 1.29 is 131 Å². The Hall–Kier alpha value is -12.0. The highest BCUT2D eigenvalue weighted by Gasteiger charge is 2.30. The smallest absolute Gasteiger partial charge is 0.408 e. The first-order valence-electron chi connectivity index (χ1n) is 41.5. The number of aromatic nitrogens is 3. The van der Waals surface area contributed by atoms with Crippen molar-refractivity contribution in [2.24, 2.45) is 5.90 Å². The van der Waals surface area contributed by atoms with Crippen LogP contribution in [-0.2, 0) is 112 Å². The number of hydrogen-bond donors (Lipinski definition) is 13. The number of benzene rings is 4. The van der Waals surface area contributed by atoms with Gasteiger partial charge in [0.05, 0.1) is 18.8 Å². The van der Waals surface area contributed by atoms with Gasteiger partial charge in [-0.25, -0.2) is 65.6 Å². The van der Waals surface area contributed by atoms with E-state index in [1.165, 1.54) is 30.7 Å². The van der Waals surface area contributed by atoms with Crippen molar-refractivity contribution in [3.8, 4) is 0 Å². The zero-order valence-corrected chi connectivity index (χ0v) is 74.7. The molecule has 14 N–H and O–H groups in total. The molecule has 4 aromatic carbocycles. The number of hydroxylamine groups is 3. The van der Waals surface area contributed by atoms with Gasteiger partial charge >= 0.3 is 42.2 Å². The summed E-state index contributed by atoms with van der Waals surface area (Å²) in [5.74, 6) is 0.173. The van der Waals surface area contributed by atoms with E-state index in [1.54, 1.807) is 184 Å². The quantitative estimate of drug-likeness (QED) is 0.00984. The molecule has 3 aliphatic heterocycles. The number of esters is 2. The number of aliphatic carboxylic acids is 1. The predicted octanol–water partition coefficient (Wildman–Crippen LogP) is 11.0. The van der Waals surface area contributed by atoms with Gasteiger partial charge < -0.3 is 79.4 Å². The number of alkyl carbamates (subject to hydrolysis) is 3. The van der Waals surface area contributed by atoms with Gasteiger partial charge in [-0.2, -0.15) is 0 Å². The largest absolute Gasteiger partial charge is 0.480 e. The van der Waals surface area contributed by atoms with Crippen molar-refractivity contribution in [2.45, 2.75) is 247 Å². The number of nitrogens with one attached hydrogen (secondary N) is 6. The molecule has 3 aliphatic rings. The first-order valence-corrected chi connectivity index (χ1v) is 41.5. The fourth-order valence-corrected chi connectivity index (χ4v) is 10.8. The molecule has 3 unspecified atom stereocenters. The highest BCUT2D eigenvalue weighted by atomic mass is 16.8. The van der Waals surface area contributed by atoms with Crippen LogP contribution in [-0.4, -0.2) is 186 Å². The van der Waals surface area contributed by atoms with Crippen LogP contribution in [0.5, 0.6) is 0 Å². The monoisotopic (exact) mass is 1790 g/mol. The molecule has 0 spiro atoms. The molecule has 6 amide bonds. The molecular weight excluding hydrogens is 1670 g/mol. The molecule has 3 saturated heterocycles. The molecule has 128 heavy (non-hydrogen) atoms. The summed E-state index contributed by atoms with van der Waals surface area (Å²) in [6.07, 6.45) is 11.1. The number of aryl methyl sites for hydroxylation is 3. The Morgan fingerprint density at radius 1 is 0.422 bits per heavy atom. The van der Waals surface area contributed by atoms with E-state index in [1.807, 2.05) is 39.0 Å². The standard InChI is InChI=1S/C27H35N3O7.C22H27N3O6.C14H20N2O4.C13H17NO4.C8H8O3.C5H11NO2.C2H6O/c1-18-8-13-21(28-16-18)15-22(29-26(33)36-27(2,3)4)25(32)35-17-19-9-11-20(12-10-19)24(31)30-37-23-7-5-6-14-34-23;1-14-5-10-17(23-12-14)11-18(24-21(28)31-22(2,3)4)20(27)30-13-15-6-8-16(9-7-15)19(26)25-29;1-9-5-6-10(15-8-9)7-11(12(17)18)16-13(19)20-14(2,3)4;15-9-10-4-6-11(7-5-10)13(16)14-18-12-3-1-2-8-17-12;9-5-6-1-3-7(4-2-6)8(10)11;6-8-5-3-1-2-4-7-5;1-2-3/h8-13,16,22-23H,5-7,14-15,17H2,1-4H3,(H,29,33)(H,30,31);5-10,12,18,29H,11,13H2,1-4H3,(H,24,28)(H,25,26);5-6,8,11H,7H2,1-4H3,(H,16,19)(H,17,18);4-7,12,15H,1-3,8-9H2,(H,14,16);1-4,9H,5H2,(H,10,11);5H,1-4,6H2;3H,2H2,1H3/t22-,23?;18-;11-;;;;/m111..../s1. The van der Waals surface area contributed by atoms with Gasteiger partial charge in [-0.3, -0.25) is 39.4 Å². The number of nitrogens with zero attached hydrogens (tertiary/aromatic N) is 3. The normalized spacial score (nSPS) is 15.2. The molecule has 37 heteroatoms. The topological polar surface area (TPSA) is 530 Å². The summed E-state index contributed by atoms with van der Waals surface area (Å²) in [6, 6.07) is 33.4. The highest BCUT2D eigenvalue weighted by molar-refractivity contribution is 5.94. The van der Waals surface area contributed by atoms with Crippen LogP contribution in [0, 0.1) is 20.8 Å². The Bertz CT molecular complexity index is 4480. The number of nitrogens with two attached hydrogens (primary N) is 1. The van der Waals surface area contributed by atoms with E-state index in [9.17, 15) is 47.9 Å². The molecule has 37 nitrogen and oxygen atoms in total. The molecule has 0 radical (unpaired) electrons. The third-order valence-corrected chi connectivity index (χ3v) is 17.3. The van der Waals surface area contributed by atoms with Crippen molar-refractivity contribution in [1.29, 1.82) is 0 Å². The van der Waals surface area contributed by atoms with E-state index in [0.717, 1.165) is 85.8 Å². The van der Waals surface area contributed by atoms with Crippen LogP contribution in [0.2, 0.25) is 0 Å². The van der Waals surface area contributed by atoms with Gasteiger partial charge in [0, 0.05) is 117 Å². The van der Waals surface area contributed by atoms with E-state index in [0.29, 0.717) is 52.5 Å². The minimum absolute atomic E-state index is 0.0334. The number of aliphatic hydroxyl groups excluding tert-OH is 3. The van der Waals surface area contributed by atoms with Gasteiger partial charge in [0.2, 0.25) is 0 Å². The molecule has 7 aromatic rings. The van der Waals surface area contributed by atoms with Gasteiger partial charge in [0.1, 0.15) is 48.1 Å². The van der Waals surface area contributed by atoms with Crippen molar-refractivity contribution >= 4 is 59.9 Å². The maximum Gasteiger partial charge on any atom is 0.408 e. The third kappa shape index (κ3) is 46.5. The lowest BCUT2D eigenvalue weighted by molar-refractivity contribution is -0.186. The van der Waals surface area contributed by atoms with Crippen molar-refractivity contribution in [1.82, 2.24) is 47.3 Å². The Morgan fingerprint density at radius 2 is 0.719 bits per heavy atom. The molecule has 3 aromatic heterocycles. The second-order valence-corrected chi connectivity index (χ2v) is 32.0. The van der Waals surface area contributed by atoms with E-state index in [2.05, 4.69) is 46.7 Å². The Balaban J connectivity index is 0.000000339. The number of hydrogen-bond acceptors (Lipinski definition) is 29. The van der Waals surface area contributed by atoms with Gasteiger partial charge in [-0.05, 0) is 234 Å². The Morgan fingerprint density at radius 3 is 0.977 bits per heavy atom. The number of carbonyl (C=O) groups excluding carboxylic acids is 8. The number of aliphatic hydroxyl groups is 3. The summed E-state index contributed by atoms with van der Waals surface area (Å²) in [6.45, 7) is 25.0. The van der Waals surface area contributed by atoms with Crippen LogP contribution in [0.15, 0.2) is 152 Å². The summed E-state index contributed by atoms with van der Waals surface area (Å²) in [5, 5.41) is 58.8. The van der Waals surface area contributed by atoms with Crippen molar-refractivity contribution in [3.63, 3.8) is 0 Å². The van der Waals surface area contributed by atoms with Crippen LogP contribution in [0.25, 0.3) is 0 Å². The number of ether oxygens (including phenoxy) is 8. The van der Waals surface area contributed by atoms with Crippen LogP contribution in [0.3, 0.4) is 0 Å². The van der Waals surface area contributed by atoms with Crippen molar-refractivity contribution in [2.75, 3.05) is 26.4 Å². The molecule has 6 heterocycles. The average Bonchev–Trinajstić information content (AvgIpc) is 0.872. The molecule has 6 atom stereocenters. The van der Waals surface area contributed by atoms with Gasteiger partial charge in [-0.15, -0.1) is 0 Å². The second-order valence-electron chi connectivity index (χ2n) is 32.0. The third-order valence-electron chi connectivity index (χ3n) is 17.3. The highest BCUT2D eigenvalue weighted by Crippen LogP contribution is 2.20. The summed E-state index contributed by atoms with van der Waals surface area (Å²) in [4.78, 5) is 146. The molecular formula is C91H124N10O27. The maximum absolute atomic E-state index is 12.9. The van der Waals surface area contributed by atoms with Crippen LogP contribution in [0.1, 0.15) is 224 Å². The number of rotatable bonds is 27. The molecule has 10 rings (SSSR count). The Labute approximate surface area is 745 Å². The lowest BCUT2D eigenvalue weighted by Crippen LogP contribution is -2.45. The summed E-state index contributed by atoms with van der Waals surface area (Å²) in [5.41, 5.74) is 13.2. The minimum atomic E-state index is -1.13. The molecule has 0 bridgehead atoms. The number of amides is 6. The van der Waals surface area contributed by atoms with E-state index >= 15 is 0 Å². The minimum Gasteiger partial charge on any atom is -0.480 e. The number of carboxylic acid groups (broad SMARTS) is 2. The fraction of sp³-hybridized carbons (Fsp3) is 0.462. The Kier molecular flexibility index (Phi) is 48.8. The summed E-state index contributed by atoms with van der Waals surface area (Å²) in [7, 11) is 0. The summed E-state index contributed by atoms with van der Waals surface area (Å²) >= 11 is 0. The maximum atomic E-state index is 12.9. The number of carboxylic acids is 2. The number of aromatic carboxylic acids is 1. The van der Waals surface area contributed by atoms with E-state index in [4.69, 9.17) is 84.2 Å². The van der Waals surface area contributed by atoms with Crippen LogP contribution < -0.4 is 38.3 Å². The number of carbonyl (C=O) groups is 10. The molecule has 3 fully saturated rings. The van der Waals surface area contributed by atoms with Crippen molar-refractivity contribution in [3.05, 3.63) is 230 Å². The molecule has 0 aliphatic carbocycles. The first kappa shape index (κ1) is 108. The zero-order valence-electron chi connectivity index (χ0n) is 74.7. The first-order chi connectivity index (χ1) is 60.7. The van der Waals surface area contributed by atoms with Gasteiger partial charge in [0.25, 0.3) is 17.7 Å². The van der Waals surface area contributed by atoms with E-state index < -0.39 is 95.2 Å². The molecule has 0 saturated carbocycles. The van der Waals surface area contributed by atoms with Gasteiger partial charge in [0.15, 0.2) is 18.9 Å².